The standard InChI is InChI=1S/C15H23FN2O2S/c1-3-4-15(5-6-15)10-18-21(19,20)14-8-12(9-17)7-13(16)11(14)2/h7-8,18H,3-6,9-10,17H2,1-2H3. The van der Waals surface area contributed by atoms with Crippen molar-refractivity contribution in [1.82, 2.24) is 4.72 Å². The van der Waals surface area contributed by atoms with Gasteiger partial charge in [0.25, 0.3) is 0 Å². The Bertz CT molecular complexity index is 625. The summed E-state index contributed by atoms with van der Waals surface area (Å²) in [5.74, 6) is -0.534. The molecule has 21 heavy (non-hydrogen) atoms. The van der Waals surface area contributed by atoms with Crippen LogP contribution in [0.25, 0.3) is 0 Å². The molecule has 0 heterocycles. The second-order valence-electron chi connectivity index (χ2n) is 5.98. The zero-order valence-electron chi connectivity index (χ0n) is 12.6. The lowest BCUT2D eigenvalue weighted by Gasteiger charge is -2.16. The van der Waals surface area contributed by atoms with Crippen molar-refractivity contribution in [3.05, 3.63) is 29.1 Å². The highest BCUT2D eigenvalue weighted by Gasteiger charge is 2.42. The number of hydrogen-bond donors (Lipinski definition) is 2. The van der Waals surface area contributed by atoms with Crippen LogP contribution in [0.5, 0.6) is 0 Å². The van der Waals surface area contributed by atoms with E-state index in [1.54, 1.807) is 0 Å². The minimum absolute atomic E-state index is 0.00440. The van der Waals surface area contributed by atoms with Crippen LogP contribution >= 0.6 is 0 Å². The highest BCUT2D eigenvalue weighted by molar-refractivity contribution is 7.89. The molecular formula is C15H23FN2O2S. The first-order valence-electron chi connectivity index (χ1n) is 7.32. The minimum atomic E-state index is -3.70. The normalized spacial score (nSPS) is 17.0. The second kappa shape index (κ2) is 6.02. The molecule has 0 spiro atoms. The molecular weight excluding hydrogens is 291 g/mol. The fraction of sp³-hybridized carbons (Fsp3) is 0.600. The van der Waals surface area contributed by atoms with Crippen molar-refractivity contribution in [2.24, 2.45) is 11.1 Å². The lowest BCUT2D eigenvalue weighted by atomic mass is 10.0. The monoisotopic (exact) mass is 314 g/mol. The molecule has 0 atom stereocenters. The topological polar surface area (TPSA) is 72.2 Å². The van der Waals surface area contributed by atoms with Gasteiger partial charge in [0.2, 0.25) is 10.0 Å². The van der Waals surface area contributed by atoms with Crippen molar-refractivity contribution in [2.45, 2.75) is 51.0 Å². The number of sulfonamides is 1. The van der Waals surface area contributed by atoms with Crippen LogP contribution in [0, 0.1) is 18.2 Å². The van der Waals surface area contributed by atoms with Crippen LogP contribution in [-0.2, 0) is 16.6 Å². The van der Waals surface area contributed by atoms with E-state index in [1.807, 2.05) is 0 Å². The molecule has 0 radical (unpaired) electrons. The Kier molecular flexibility index (Phi) is 4.70. The molecule has 0 unspecified atom stereocenters. The summed E-state index contributed by atoms with van der Waals surface area (Å²) in [7, 11) is -3.70. The summed E-state index contributed by atoms with van der Waals surface area (Å²) in [4.78, 5) is -0.00440. The van der Waals surface area contributed by atoms with Crippen LogP contribution in [0.4, 0.5) is 4.39 Å². The number of nitrogens with two attached hydrogens (primary N) is 1. The van der Waals surface area contributed by atoms with E-state index in [0.29, 0.717) is 12.1 Å². The fourth-order valence-corrected chi connectivity index (χ4v) is 4.11. The van der Waals surface area contributed by atoms with Crippen molar-refractivity contribution in [3.8, 4) is 0 Å². The Morgan fingerprint density at radius 1 is 1.38 bits per heavy atom. The third kappa shape index (κ3) is 3.62. The van der Waals surface area contributed by atoms with Crippen LogP contribution in [0.3, 0.4) is 0 Å². The number of rotatable bonds is 7. The predicted molar refractivity (Wildman–Crippen MR) is 80.8 cm³/mol. The molecule has 2 rings (SSSR count). The van der Waals surface area contributed by atoms with E-state index in [4.69, 9.17) is 5.73 Å². The summed E-state index contributed by atoms with van der Waals surface area (Å²) in [6.07, 6.45) is 4.17. The summed E-state index contributed by atoms with van der Waals surface area (Å²) in [5, 5.41) is 0. The molecule has 4 nitrogen and oxygen atoms in total. The van der Waals surface area contributed by atoms with Crippen LogP contribution in [0.15, 0.2) is 17.0 Å². The second-order valence-corrected chi connectivity index (χ2v) is 7.71. The van der Waals surface area contributed by atoms with Gasteiger partial charge in [0, 0.05) is 18.7 Å². The van der Waals surface area contributed by atoms with Crippen molar-refractivity contribution in [1.29, 1.82) is 0 Å². The Balaban J connectivity index is 2.22. The summed E-state index contributed by atoms with van der Waals surface area (Å²) in [5.41, 5.74) is 6.22. The summed E-state index contributed by atoms with van der Waals surface area (Å²) in [6, 6.07) is 2.74. The van der Waals surface area contributed by atoms with Crippen LogP contribution in [-0.4, -0.2) is 15.0 Å². The molecule has 1 aromatic carbocycles. The SMILES string of the molecule is CCCC1(CNS(=O)(=O)c2cc(CN)cc(F)c2C)CC1. The molecule has 118 valence electrons. The Morgan fingerprint density at radius 2 is 2.05 bits per heavy atom. The lowest BCUT2D eigenvalue weighted by Crippen LogP contribution is -2.31. The highest BCUT2D eigenvalue weighted by Crippen LogP contribution is 2.49. The largest absolute Gasteiger partial charge is 0.326 e. The molecule has 0 bridgehead atoms. The van der Waals surface area contributed by atoms with Gasteiger partial charge in [0.1, 0.15) is 5.82 Å². The van der Waals surface area contributed by atoms with Crippen LogP contribution < -0.4 is 10.5 Å². The van der Waals surface area contributed by atoms with Gasteiger partial charge in [-0.1, -0.05) is 13.3 Å². The van der Waals surface area contributed by atoms with E-state index in [9.17, 15) is 12.8 Å². The Labute approximate surface area is 126 Å². The van der Waals surface area contributed by atoms with Gasteiger partial charge < -0.3 is 5.73 Å². The van der Waals surface area contributed by atoms with Crippen molar-refractivity contribution in [2.75, 3.05) is 6.54 Å². The van der Waals surface area contributed by atoms with Crippen molar-refractivity contribution < 1.29 is 12.8 Å². The van der Waals surface area contributed by atoms with Crippen molar-refractivity contribution in [3.63, 3.8) is 0 Å². The van der Waals surface area contributed by atoms with Crippen LogP contribution in [0.2, 0.25) is 0 Å². The Hall–Kier alpha value is -0.980. The third-order valence-electron chi connectivity index (χ3n) is 4.26. The number of nitrogens with one attached hydrogen (secondary N) is 1. The zero-order valence-corrected chi connectivity index (χ0v) is 13.4. The molecule has 0 amide bonds. The van der Waals surface area contributed by atoms with Gasteiger partial charge in [-0.2, -0.15) is 0 Å². The first-order valence-corrected chi connectivity index (χ1v) is 8.81. The zero-order chi connectivity index (χ0) is 15.7. The molecule has 6 heteroatoms. The molecule has 1 saturated carbocycles. The number of halogens is 1. The van der Waals surface area contributed by atoms with Gasteiger partial charge in [-0.25, -0.2) is 17.5 Å². The maximum atomic E-state index is 13.8. The van der Waals surface area contributed by atoms with E-state index >= 15 is 0 Å². The van der Waals surface area contributed by atoms with Crippen LogP contribution in [0.1, 0.15) is 43.7 Å². The average Bonchev–Trinajstić information content (AvgIpc) is 3.20. The van der Waals surface area contributed by atoms with E-state index in [1.165, 1.54) is 19.1 Å². The predicted octanol–water partition coefficient (Wildman–Crippen LogP) is 2.45. The number of benzene rings is 1. The molecule has 0 aromatic heterocycles. The third-order valence-corrected chi connectivity index (χ3v) is 5.78. The van der Waals surface area contributed by atoms with Gasteiger partial charge >= 0.3 is 0 Å². The van der Waals surface area contributed by atoms with Gasteiger partial charge in [0.05, 0.1) is 4.90 Å². The summed E-state index contributed by atoms with van der Waals surface area (Å²) < 4.78 is 41.3. The first-order chi connectivity index (χ1) is 9.83. The Morgan fingerprint density at radius 3 is 2.57 bits per heavy atom. The highest BCUT2D eigenvalue weighted by atomic mass is 32.2. The fourth-order valence-electron chi connectivity index (χ4n) is 2.65. The van der Waals surface area contributed by atoms with Crippen molar-refractivity contribution >= 4 is 10.0 Å². The lowest BCUT2D eigenvalue weighted by molar-refractivity contribution is 0.449. The smallest absolute Gasteiger partial charge is 0.240 e. The first kappa shape index (κ1) is 16.4. The molecule has 0 aliphatic heterocycles. The molecule has 3 N–H and O–H groups in total. The molecule has 1 aromatic rings. The van der Waals surface area contributed by atoms with Gasteiger partial charge in [0.15, 0.2) is 0 Å². The van der Waals surface area contributed by atoms with Gasteiger partial charge in [-0.15, -0.1) is 0 Å². The number of hydrogen-bond acceptors (Lipinski definition) is 3. The molecule has 1 fully saturated rings. The van der Waals surface area contributed by atoms with Gasteiger partial charge in [-0.3, -0.25) is 0 Å². The minimum Gasteiger partial charge on any atom is -0.326 e. The quantitative estimate of drug-likeness (QED) is 0.812. The molecule has 1 aliphatic rings. The van der Waals surface area contributed by atoms with E-state index in [0.717, 1.165) is 25.7 Å². The van der Waals surface area contributed by atoms with E-state index in [-0.39, 0.29) is 22.4 Å². The maximum absolute atomic E-state index is 13.8. The molecule has 1 aliphatic carbocycles. The average molecular weight is 314 g/mol. The maximum Gasteiger partial charge on any atom is 0.240 e. The summed E-state index contributed by atoms with van der Waals surface area (Å²) >= 11 is 0. The van der Waals surface area contributed by atoms with E-state index < -0.39 is 15.8 Å². The van der Waals surface area contributed by atoms with E-state index in [2.05, 4.69) is 11.6 Å². The summed E-state index contributed by atoms with van der Waals surface area (Å²) in [6.45, 7) is 4.11. The molecule has 0 saturated heterocycles. The van der Waals surface area contributed by atoms with Gasteiger partial charge in [-0.05, 0) is 49.3 Å².